The Morgan fingerprint density at radius 2 is 1.93 bits per heavy atom. The van der Waals surface area contributed by atoms with Gasteiger partial charge in [0.05, 0.1) is 5.39 Å². The van der Waals surface area contributed by atoms with Crippen molar-refractivity contribution in [3.8, 4) is 0 Å². The van der Waals surface area contributed by atoms with E-state index in [0.29, 0.717) is 5.92 Å². The minimum absolute atomic E-state index is 0.0802. The Balaban J connectivity index is 1.48. The van der Waals surface area contributed by atoms with Crippen molar-refractivity contribution in [1.82, 2.24) is 14.9 Å². The van der Waals surface area contributed by atoms with E-state index >= 15 is 0 Å². The summed E-state index contributed by atoms with van der Waals surface area (Å²) < 4.78 is 5.00. The van der Waals surface area contributed by atoms with Gasteiger partial charge in [-0.2, -0.15) is 0 Å². The zero-order valence-electron chi connectivity index (χ0n) is 15.9. The molecule has 1 saturated heterocycles. The number of anilines is 1. The predicted octanol–water partition coefficient (Wildman–Crippen LogP) is 2.74. The quantitative estimate of drug-likeness (QED) is 0.809. The number of carbonyl (C=O) groups is 1. The van der Waals surface area contributed by atoms with E-state index in [4.69, 9.17) is 14.7 Å². The van der Waals surface area contributed by atoms with Crippen molar-refractivity contribution in [3.63, 3.8) is 0 Å². The Kier molecular flexibility index (Phi) is 4.52. The Bertz CT molecular complexity index is 868. The van der Waals surface area contributed by atoms with Crippen LogP contribution in [-0.4, -0.2) is 60.7 Å². The molecule has 0 radical (unpaired) electrons. The van der Waals surface area contributed by atoms with Gasteiger partial charge in [-0.15, -0.1) is 11.3 Å². The van der Waals surface area contributed by atoms with Crippen LogP contribution >= 0.6 is 11.3 Å². The average molecular weight is 387 g/mol. The van der Waals surface area contributed by atoms with Gasteiger partial charge in [0.1, 0.15) is 23.1 Å². The fraction of sp³-hybridized carbons (Fsp3) is 0.650. The fourth-order valence-corrected chi connectivity index (χ4v) is 5.55. The molecule has 0 spiro atoms. The first kappa shape index (κ1) is 17.4. The Morgan fingerprint density at radius 3 is 2.67 bits per heavy atom. The molecule has 3 heterocycles. The molecule has 7 heteroatoms. The molecule has 27 heavy (non-hydrogen) atoms. The molecule has 1 aliphatic heterocycles. The zero-order valence-corrected chi connectivity index (χ0v) is 16.7. The van der Waals surface area contributed by atoms with E-state index in [0.717, 1.165) is 44.2 Å². The van der Waals surface area contributed by atoms with Crippen molar-refractivity contribution < 1.29 is 9.53 Å². The van der Waals surface area contributed by atoms with Gasteiger partial charge in [-0.25, -0.2) is 9.97 Å². The second kappa shape index (κ2) is 7.02. The third-order valence-electron chi connectivity index (χ3n) is 5.96. The zero-order chi connectivity index (χ0) is 18.4. The molecule has 2 aromatic heterocycles. The topological polar surface area (TPSA) is 58.6 Å². The highest BCUT2D eigenvalue weighted by Crippen LogP contribution is 2.44. The summed E-state index contributed by atoms with van der Waals surface area (Å²) in [7, 11) is 1.57. The van der Waals surface area contributed by atoms with Crippen LogP contribution in [0.4, 0.5) is 5.82 Å². The van der Waals surface area contributed by atoms with Gasteiger partial charge in [0.15, 0.2) is 0 Å². The molecular formula is C20H26N4O2S. The van der Waals surface area contributed by atoms with Gasteiger partial charge in [-0.1, -0.05) is 0 Å². The molecule has 2 fully saturated rings. The molecule has 0 aromatic carbocycles. The first-order valence-electron chi connectivity index (χ1n) is 10.1. The maximum atomic E-state index is 12.1. The number of ether oxygens (including phenoxy) is 1. The van der Waals surface area contributed by atoms with Crippen molar-refractivity contribution >= 4 is 33.3 Å². The molecule has 0 atom stereocenters. The molecule has 1 amide bonds. The van der Waals surface area contributed by atoms with Crippen molar-refractivity contribution in [3.05, 3.63) is 16.3 Å². The number of aromatic nitrogens is 2. The highest BCUT2D eigenvalue weighted by Gasteiger charge is 2.31. The van der Waals surface area contributed by atoms with Gasteiger partial charge in [0.2, 0.25) is 5.91 Å². The lowest BCUT2D eigenvalue weighted by atomic mass is 9.97. The summed E-state index contributed by atoms with van der Waals surface area (Å²) in [5.41, 5.74) is 1.50. The number of fused-ring (bicyclic) bond motifs is 3. The number of nitrogens with zero attached hydrogens (tertiary/aromatic N) is 4. The molecule has 0 unspecified atom stereocenters. The van der Waals surface area contributed by atoms with E-state index < -0.39 is 0 Å². The van der Waals surface area contributed by atoms with Crippen LogP contribution in [0.15, 0.2) is 0 Å². The molecule has 144 valence electrons. The molecule has 1 saturated carbocycles. The number of rotatable bonds is 4. The summed E-state index contributed by atoms with van der Waals surface area (Å²) in [5, 5.41) is 1.30. The lowest BCUT2D eigenvalue weighted by Gasteiger charge is -2.36. The summed E-state index contributed by atoms with van der Waals surface area (Å²) in [6.45, 7) is 3.30. The minimum atomic E-state index is 0.0802. The maximum absolute atomic E-state index is 12.1. The van der Waals surface area contributed by atoms with E-state index in [1.807, 2.05) is 16.2 Å². The first-order valence-corrected chi connectivity index (χ1v) is 10.9. The van der Waals surface area contributed by atoms with Crippen LogP contribution in [-0.2, 0) is 22.4 Å². The first-order chi connectivity index (χ1) is 13.2. The highest BCUT2D eigenvalue weighted by atomic mass is 32.1. The third kappa shape index (κ3) is 3.21. The predicted molar refractivity (Wildman–Crippen MR) is 107 cm³/mol. The molecule has 2 aliphatic carbocycles. The van der Waals surface area contributed by atoms with Gasteiger partial charge >= 0.3 is 0 Å². The number of hydrogen-bond acceptors (Lipinski definition) is 6. The number of carbonyl (C=O) groups excluding carboxylic acids is 1. The molecule has 0 bridgehead atoms. The number of amides is 1. The third-order valence-corrected chi connectivity index (χ3v) is 7.14. The summed E-state index contributed by atoms with van der Waals surface area (Å²) in [6, 6.07) is 0. The SMILES string of the molecule is COCC(=O)N1CCN(c2nc(C3CC3)nc3sc4c(c23)CCCC4)CC1. The molecular weight excluding hydrogens is 360 g/mol. The van der Waals surface area contributed by atoms with Gasteiger partial charge < -0.3 is 14.5 Å². The fourth-order valence-electron chi connectivity index (χ4n) is 4.29. The van der Waals surface area contributed by atoms with Crippen molar-refractivity contribution in [2.24, 2.45) is 0 Å². The number of hydrogen-bond donors (Lipinski definition) is 0. The standard InChI is InChI=1S/C20H26N4O2S/c1-26-12-16(25)23-8-10-24(11-9-23)19-17-14-4-2-3-5-15(14)27-20(17)22-18(21-19)13-6-7-13/h13H,2-12H2,1H3. The van der Waals surface area contributed by atoms with Crippen molar-refractivity contribution in [2.45, 2.75) is 44.4 Å². The molecule has 2 aromatic rings. The van der Waals surface area contributed by atoms with Crippen molar-refractivity contribution in [2.75, 3.05) is 44.8 Å². The monoisotopic (exact) mass is 386 g/mol. The van der Waals surface area contributed by atoms with E-state index in [-0.39, 0.29) is 12.5 Å². The Labute approximate surface area is 163 Å². The normalized spacial score (nSPS) is 20.2. The van der Waals surface area contributed by atoms with Crippen LogP contribution in [0, 0.1) is 0 Å². The number of thiophene rings is 1. The van der Waals surface area contributed by atoms with Crippen LogP contribution in [0.25, 0.3) is 10.2 Å². The summed E-state index contributed by atoms with van der Waals surface area (Å²) in [6.07, 6.45) is 7.33. The smallest absolute Gasteiger partial charge is 0.248 e. The van der Waals surface area contributed by atoms with E-state index in [9.17, 15) is 4.79 Å². The second-order valence-corrected chi connectivity index (χ2v) is 8.96. The molecule has 5 rings (SSSR count). The van der Waals surface area contributed by atoms with Crippen molar-refractivity contribution in [1.29, 1.82) is 0 Å². The van der Waals surface area contributed by atoms with Gasteiger partial charge in [-0.3, -0.25) is 4.79 Å². The number of piperazine rings is 1. The van der Waals surface area contributed by atoms with E-state index in [1.165, 1.54) is 52.8 Å². The average Bonchev–Trinajstić information content (AvgIpc) is 3.48. The molecule has 3 aliphatic rings. The maximum Gasteiger partial charge on any atom is 0.248 e. The van der Waals surface area contributed by atoms with Crippen LogP contribution < -0.4 is 4.90 Å². The van der Waals surface area contributed by atoms with Crippen LogP contribution in [0.3, 0.4) is 0 Å². The second-order valence-electron chi connectivity index (χ2n) is 7.87. The van der Waals surface area contributed by atoms with E-state index in [1.54, 1.807) is 7.11 Å². The summed E-state index contributed by atoms with van der Waals surface area (Å²) >= 11 is 1.89. The Hall–Kier alpha value is -1.73. The van der Waals surface area contributed by atoms with Gasteiger partial charge in [0, 0.05) is 44.1 Å². The van der Waals surface area contributed by atoms with Gasteiger partial charge in [0.25, 0.3) is 0 Å². The minimum Gasteiger partial charge on any atom is -0.375 e. The van der Waals surface area contributed by atoms with Crippen LogP contribution in [0.1, 0.15) is 47.9 Å². The number of aryl methyl sites for hydroxylation is 2. The van der Waals surface area contributed by atoms with Crippen LogP contribution in [0.2, 0.25) is 0 Å². The molecule has 6 nitrogen and oxygen atoms in total. The summed E-state index contributed by atoms with van der Waals surface area (Å²) in [4.78, 5) is 29.1. The number of methoxy groups -OCH3 is 1. The lowest BCUT2D eigenvalue weighted by Crippen LogP contribution is -2.50. The summed E-state index contributed by atoms with van der Waals surface area (Å²) in [5.74, 6) is 2.79. The molecule has 0 N–H and O–H groups in total. The largest absolute Gasteiger partial charge is 0.375 e. The lowest BCUT2D eigenvalue weighted by molar-refractivity contribution is -0.135. The van der Waals surface area contributed by atoms with E-state index in [2.05, 4.69) is 4.90 Å². The van der Waals surface area contributed by atoms with Crippen LogP contribution in [0.5, 0.6) is 0 Å². The highest BCUT2D eigenvalue weighted by molar-refractivity contribution is 7.19. The Morgan fingerprint density at radius 1 is 1.15 bits per heavy atom. The van der Waals surface area contributed by atoms with Gasteiger partial charge in [-0.05, 0) is 44.1 Å².